The second-order valence-corrected chi connectivity index (χ2v) is 5.62. The molecule has 1 atom stereocenters. The molecule has 0 aromatic heterocycles. The summed E-state index contributed by atoms with van der Waals surface area (Å²) in [6, 6.07) is 8.92. The maximum atomic E-state index is 5.83. The van der Waals surface area contributed by atoms with Crippen LogP contribution >= 0.6 is 0 Å². The van der Waals surface area contributed by atoms with Crippen molar-refractivity contribution in [2.45, 2.75) is 52.0 Å². The van der Waals surface area contributed by atoms with Crippen molar-refractivity contribution in [1.29, 1.82) is 0 Å². The van der Waals surface area contributed by atoms with E-state index in [1.54, 1.807) is 0 Å². The molecule has 1 N–H and O–H groups in total. The smallest absolute Gasteiger partial charge is 0.124 e. The van der Waals surface area contributed by atoms with E-state index >= 15 is 0 Å². The first-order valence-electron chi connectivity index (χ1n) is 7.66. The molecule has 1 aliphatic carbocycles. The average Bonchev–Trinajstić information content (AvgIpc) is 2.92. The normalized spacial score (nSPS) is 19.3. The Morgan fingerprint density at radius 1 is 1.21 bits per heavy atom. The number of benzene rings is 1. The Morgan fingerprint density at radius 2 is 1.89 bits per heavy atom. The Morgan fingerprint density at radius 3 is 2.47 bits per heavy atom. The van der Waals surface area contributed by atoms with Crippen LogP contribution in [0.4, 0.5) is 0 Å². The van der Waals surface area contributed by atoms with Crippen LogP contribution in [0.5, 0.6) is 5.75 Å². The Balaban J connectivity index is 2.35. The fourth-order valence-corrected chi connectivity index (χ4v) is 3.72. The second kappa shape index (κ2) is 6.42. The van der Waals surface area contributed by atoms with Crippen molar-refractivity contribution in [2.24, 2.45) is 5.41 Å². The SMILES string of the molecule is CCOc1ccccc1C(NC)C1(CC)CCCC1. The van der Waals surface area contributed by atoms with Crippen LogP contribution in [0.2, 0.25) is 0 Å². The Bertz CT molecular complexity index is 396. The van der Waals surface area contributed by atoms with Crippen LogP contribution < -0.4 is 10.1 Å². The quantitative estimate of drug-likeness (QED) is 0.823. The monoisotopic (exact) mass is 261 g/mol. The minimum Gasteiger partial charge on any atom is -0.494 e. The number of hydrogen-bond donors (Lipinski definition) is 1. The van der Waals surface area contributed by atoms with Crippen molar-refractivity contribution >= 4 is 0 Å². The van der Waals surface area contributed by atoms with E-state index in [0.29, 0.717) is 11.5 Å². The van der Waals surface area contributed by atoms with Crippen molar-refractivity contribution in [2.75, 3.05) is 13.7 Å². The van der Waals surface area contributed by atoms with Crippen LogP contribution in [0.1, 0.15) is 57.6 Å². The van der Waals surface area contributed by atoms with Gasteiger partial charge in [0.15, 0.2) is 0 Å². The summed E-state index contributed by atoms with van der Waals surface area (Å²) in [6.07, 6.45) is 6.62. The van der Waals surface area contributed by atoms with E-state index < -0.39 is 0 Å². The molecular formula is C17H27NO. The van der Waals surface area contributed by atoms with Crippen molar-refractivity contribution < 1.29 is 4.74 Å². The van der Waals surface area contributed by atoms with E-state index in [9.17, 15) is 0 Å². The van der Waals surface area contributed by atoms with Gasteiger partial charge in [-0.2, -0.15) is 0 Å². The first-order valence-corrected chi connectivity index (χ1v) is 7.66. The number of ether oxygens (including phenoxy) is 1. The van der Waals surface area contributed by atoms with Crippen molar-refractivity contribution in [3.05, 3.63) is 29.8 Å². The third-order valence-electron chi connectivity index (χ3n) is 4.73. The molecule has 106 valence electrons. The summed E-state index contributed by atoms with van der Waals surface area (Å²) in [5, 5.41) is 3.57. The molecule has 1 saturated carbocycles. The molecule has 0 aliphatic heterocycles. The summed E-state index contributed by atoms with van der Waals surface area (Å²) in [5.41, 5.74) is 1.73. The third kappa shape index (κ3) is 2.79. The third-order valence-corrected chi connectivity index (χ3v) is 4.73. The first-order chi connectivity index (χ1) is 9.27. The maximum Gasteiger partial charge on any atom is 0.124 e. The van der Waals surface area contributed by atoms with Gasteiger partial charge in [0.05, 0.1) is 6.61 Å². The van der Waals surface area contributed by atoms with Gasteiger partial charge in [0.2, 0.25) is 0 Å². The zero-order chi connectivity index (χ0) is 13.7. The summed E-state index contributed by atoms with van der Waals surface area (Å²) in [7, 11) is 2.09. The fraction of sp³-hybridized carbons (Fsp3) is 0.647. The largest absolute Gasteiger partial charge is 0.494 e. The van der Waals surface area contributed by atoms with Crippen LogP contribution in [0.15, 0.2) is 24.3 Å². The molecule has 0 heterocycles. The molecule has 1 aromatic carbocycles. The van der Waals surface area contributed by atoms with Crippen LogP contribution in [-0.2, 0) is 0 Å². The lowest BCUT2D eigenvalue weighted by Gasteiger charge is -2.38. The molecule has 2 heteroatoms. The summed E-state index contributed by atoms with van der Waals surface area (Å²) in [6.45, 7) is 5.11. The Hall–Kier alpha value is -1.02. The predicted molar refractivity (Wildman–Crippen MR) is 80.6 cm³/mol. The zero-order valence-electron chi connectivity index (χ0n) is 12.5. The molecule has 0 saturated heterocycles. The van der Waals surface area contributed by atoms with Gasteiger partial charge in [-0.05, 0) is 44.7 Å². The number of hydrogen-bond acceptors (Lipinski definition) is 2. The highest BCUT2D eigenvalue weighted by Gasteiger charge is 2.40. The summed E-state index contributed by atoms with van der Waals surface area (Å²) >= 11 is 0. The Kier molecular flexibility index (Phi) is 4.87. The number of para-hydroxylation sites is 1. The highest BCUT2D eigenvalue weighted by atomic mass is 16.5. The number of rotatable bonds is 6. The standard InChI is InChI=1S/C17H27NO/c1-4-17(12-8-9-13-17)16(18-3)14-10-6-7-11-15(14)19-5-2/h6-7,10-11,16,18H,4-5,8-9,12-13H2,1-3H3. The highest BCUT2D eigenvalue weighted by Crippen LogP contribution is 2.51. The molecule has 1 aliphatic rings. The minimum absolute atomic E-state index is 0.405. The van der Waals surface area contributed by atoms with Gasteiger partial charge in [-0.25, -0.2) is 0 Å². The maximum absolute atomic E-state index is 5.83. The van der Waals surface area contributed by atoms with E-state index in [-0.39, 0.29) is 0 Å². The lowest BCUT2D eigenvalue weighted by molar-refractivity contribution is 0.190. The Labute approximate surface area is 117 Å². The van der Waals surface area contributed by atoms with Gasteiger partial charge in [0.1, 0.15) is 5.75 Å². The summed E-state index contributed by atoms with van der Waals surface area (Å²) < 4.78 is 5.83. The minimum atomic E-state index is 0.405. The van der Waals surface area contributed by atoms with E-state index in [2.05, 4.69) is 50.5 Å². The lowest BCUT2D eigenvalue weighted by atomic mass is 9.73. The van der Waals surface area contributed by atoms with Crippen molar-refractivity contribution in [3.8, 4) is 5.75 Å². The molecule has 0 radical (unpaired) electrons. The molecule has 1 fully saturated rings. The zero-order valence-corrected chi connectivity index (χ0v) is 12.5. The summed E-state index contributed by atoms with van der Waals surface area (Å²) in [5.74, 6) is 1.05. The topological polar surface area (TPSA) is 21.3 Å². The van der Waals surface area contributed by atoms with Crippen molar-refractivity contribution in [1.82, 2.24) is 5.32 Å². The van der Waals surface area contributed by atoms with E-state index in [4.69, 9.17) is 4.74 Å². The van der Waals surface area contributed by atoms with Gasteiger partial charge < -0.3 is 10.1 Å². The van der Waals surface area contributed by atoms with Crippen LogP contribution in [0.25, 0.3) is 0 Å². The van der Waals surface area contributed by atoms with Gasteiger partial charge >= 0.3 is 0 Å². The molecular weight excluding hydrogens is 234 g/mol. The molecule has 2 nitrogen and oxygen atoms in total. The average molecular weight is 261 g/mol. The summed E-state index contributed by atoms with van der Waals surface area (Å²) in [4.78, 5) is 0. The first kappa shape index (κ1) is 14.4. The van der Waals surface area contributed by atoms with Crippen LogP contribution in [0, 0.1) is 5.41 Å². The van der Waals surface area contributed by atoms with Gasteiger partial charge in [0, 0.05) is 11.6 Å². The second-order valence-electron chi connectivity index (χ2n) is 5.62. The fourth-order valence-electron chi connectivity index (χ4n) is 3.72. The van der Waals surface area contributed by atoms with E-state index in [1.807, 2.05) is 0 Å². The van der Waals surface area contributed by atoms with Gasteiger partial charge in [-0.15, -0.1) is 0 Å². The van der Waals surface area contributed by atoms with Gasteiger partial charge in [-0.3, -0.25) is 0 Å². The van der Waals surface area contributed by atoms with Crippen LogP contribution in [-0.4, -0.2) is 13.7 Å². The molecule has 19 heavy (non-hydrogen) atoms. The van der Waals surface area contributed by atoms with Gasteiger partial charge in [0.25, 0.3) is 0 Å². The predicted octanol–water partition coefficient (Wildman–Crippen LogP) is 4.32. The van der Waals surface area contributed by atoms with Gasteiger partial charge in [-0.1, -0.05) is 38.0 Å². The number of nitrogens with one attached hydrogen (secondary N) is 1. The molecule has 1 aromatic rings. The lowest BCUT2D eigenvalue weighted by Crippen LogP contribution is -2.34. The molecule has 0 bridgehead atoms. The molecule has 1 unspecified atom stereocenters. The highest BCUT2D eigenvalue weighted by molar-refractivity contribution is 5.37. The van der Waals surface area contributed by atoms with E-state index in [1.165, 1.54) is 37.7 Å². The van der Waals surface area contributed by atoms with Crippen LogP contribution in [0.3, 0.4) is 0 Å². The molecule has 0 spiro atoms. The van der Waals surface area contributed by atoms with Crippen molar-refractivity contribution in [3.63, 3.8) is 0 Å². The molecule has 0 amide bonds. The molecule has 2 rings (SSSR count). The van der Waals surface area contributed by atoms with E-state index in [0.717, 1.165) is 12.4 Å².